The highest BCUT2D eigenvalue weighted by Gasteiger charge is 2.08. The molecule has 0 aromatic carbocycles. The summed E-state index contributed by atoms with van der Waals surface area (Å²) in [6.07, 6.45) is 3.76. The monoisotopic (exact) mass is 182 g/mol. The van der Waals surface area contributed by atoms with Gasteiger partial charge in [0.05, 0.1) is 5.75 Å². The summed E-state index contributed by atoms with van der Waals surface area (Å²) >= 11 is 1.84. The summed E-state index contributed by atoms with van der Waals surface area (Å²) in [6.45, 7) is 2.56. The second kappa shape index (κ2) is 4.83. The molecule has 0 saturated carbocycles. The van der Waals surface area contributed by atoms with Crippen molar-refractivity contribution in [3.63, 3.8) is 0 Å². The highest BCUT2D eigenvalue weighted by molar-refractivity contribution is 7.98. The number of rotatable bonds is 4. The summed E-state index contributed by atoms with van der Waals surface area (Å²) in [5.74, 6) is 3.17. The van der Waals surface area contributed by atoms with Gasteiger partial charge in [0.15, 0.2) is 6.54 Å². The number of hydrogen-bond donors (Lipinski definition) is 1. The van der Waals surface area contributed by atoms with Gasteiger partial charge in [-0.2, -0.15) is 5.26 Å². The van der Waals surface area contributed by atoms with E-state index in [2.05, 4.69) is 18.0 Å². The predicted octanol–water partition coefficient (Wildman–Crippen LogP) is 1.08. The SMILES string of the molecule is CCSCc1[nH]cc[n+]1CC#N. The number of aromatic nitrogens is 2. The molecule has 1 rings (SSSR count). The second-order valence-corrected chi connectivity index (χ2v) is 3.60. The molecule has 1 N–H and O–H groups in total. The van der Waals surface area contributed by atoms with Crippen LogP contribution in [0.1, 0.15) is 12.7 Å². The molecule has 0 aliphatic carbocycles. The van der Waals surface area contributed by atoms with Crippen LogP contribution in [0.3, 0.4) is 0 Å². The molecule has 0 amide bonds. The number of nitrogens with zero attached hydrogens (tertiary/aromatic N) is 2. The molecule has 0 aliphatic rings. The lowest BCUT2D eigenvalue weighted by Gasteiger charge is -1.93. The number of hydrogen-bond acceptors (Lipinski definition) is 2. The summed E-state index contributed by atoms with van der Waals surface area (Å²) in [4.78, 5) is 3.12. The molecule has 0 atom stereocenters. The standard InChI is InChI=1S/C8H11N3S/c1-2-12-7-8-10-4-6-11(8)5-3-9/h4,6H,2,5,7H2,1H3/p+1. The van der Waals surface area contributed by atoms with Crippen LogP contribution in [0.15, 0.2) is 12.4 Å². The van der Waals surface area contributed by atoms with Crippen molar-refractivity contribution in [1.82, 2.24) is 4.98 Å². The average molecular weight is 182 g/mol. The topological polar surface area (TPSA) is 43.5 Å². The molecule has 0 saturated heterocycles. The van der Waals surface area contributed by atoms with E-state index >= 15 is 0 Å². The third-order valence-corrected chi connectivity index (χ3v) is 2.42. The zero-order chi connectivity index (χ0) is 8.81. The number of aromatic amines is 1. The predicted molar refractivity (Wildman–Crippen MR) is 48.4 cm³/mol. The average Bonchev–Trinajstić information content (AvgIpc) is 2.50. The Balaban J connectivity index is 2.58. The minimum Gasteiger partial charge on any atom is -0.247 e. The lowest BCUT2D eigenvalue weighted by atomic mass is 10.6. The lowest BCUT2D eigenvalue weighted by molar-refractivity contribution is -0.690. The van der Waals surface area contributed by atoms with E-state index in [1.165, 1.54) is 0 Å². The summed E-state index contributed by atoms with van der Waals surface area (Å²) in [5.41, 5.74) is 0. The Morgan fingerprint density at radius 1 is 1.75 bits per heavy atom. The zero-order valence-electron chi connectivity index (χ0n) is 7.08. The van der Waals surface area contributed by atoms with Crippen molar-refractivity contribution in [1.29, 1.82) is 5.26 Å². The van der Waals surface area contributed by atoms with E-state index in [1.54, 1.807) is 0 Å². The van der Waals surface area contributed by atoms with Crippen molar-refractivity contribution >= 4 is 11.8 Å². The summed E-state index contributed by atoms with van der Waals surface area (Å²) in [5, 5.41) is 8.50. The maximum absolute atomic E-state index is 8.50. The van der Waals surface area contributed by atoms with Crippen molar-refractivity contribution in [3.8, 4) is 6.07 Å². The van der Waals surface area contributed by atoms with Gasteiger partial charge in [0, 0.05) is 0 Å². The van der Waals surface area contributed by atoms with E-state index in [9.17, 15) is 0 Å². The van der Waals surface area contributed by atoms with Crippen molar-refractivity contribution in [2.24, 2.45) is 0 Å². The minimum absolute atomic E-state index is 0.434. The molecular formula is C8H12N3S+. The van der Waals surface area contributed by atoms with Gasteiger partial charge in [0.2, 0.25) is 0 Å². The van der Waals surface area contributed by atoms with Crippen LogP contribution >= 0.6 is 11.8 Å². The maximum atomic E-state index is 8.50. The normalized spacial score (nSPS) is 9.67. The van der Waals surface area contributed by atoms with Gasteiger partial charge in [0.1, 0.15) is 18.5 Å². The lowest BCUT2D eigenvalue weighted by Crippen LogP contribution is -2.34. The van der Waals surface area contributed by atoms with Gasteiger partial charge < -0.3 is 0 Å². The third kappa shape index (κ3) is 2.28. The van der Waals surface area contributed by atoms with Crippen LogP contribution in [-0.2, 0) is 12.3 Å². The van der Waals surface area contributed by atoms with Crippen molar-refractivity contribution in [3.05, 3.63) is 18.2 Å². The fourth-order valence-corrected chi connectivity index (χ4v) is 1.59. The quantitative estimate of drug-likeness (QED) is 0.708. The highest BCUT2D eigenvalue weighted by Crippen LogP contribution is 2.05. The minimum atomic E-state index is 0.434. The van der Waals surface area contributed by atoms with Gasteiger partial charge in [0.25, 0.3) is 5.82 Å². The van der Waals surface area contributed by atoms with Gasteiger partial charge in [-0.15, -0.1) is 11.8 Å². The van der Waals surface area contributed by atoms with E-state index < -0.39 is 0 Å². The largest absolute Gasteiger partial charge is 0.265 e. The van der Waals surface area contributed by atoms with Gasteiger partial charge >= 0.3 is 0 Å². The van der Waals surface area contributed by atoms with Crippen molar-refractivity contribution in [2.75, 3.05) is 5.75 Å². The molecule has 64 valence electrons. The molecular weight excluding hydrogens is 170 g/mol. The Labute approximate surface area is 76.4 Å². The van der Waals surface area contributed by atoms with E-state index in [0.29, 0.717) is 6.54 Å². The first-order chi connectivity index (χ1) is 5.88. The first-order valence-electron chi connectivity index (χ1n) is 3.89. The highest BCUT2D eigenvalue weighted by atomic mass is 32.2. The fraction of sp³-hybridized carbons (Fsp3) is 0.500. The molecule has 0 unspecified atom stereocenters. The van der Waals surface area contributed by atoms with Crippen LogP contribution in [0.4, 0.5) is 0 Å². The molecule has 3 nitrogen and oxygen atoms in total. The van der Waals surface area contributed by atoms with Crippen LogP contribution < -0.4 is 4.57 Å². The Bertz CT molecular complexity index is 274. The van der Waals surface area contributed by atoms with Crippen molar-refractivity contribution < 1.29 is 4.57 Å². The number of nitriles is 1. The molecule has 0 radical (unpaired) electrons. The Hall–Kier alpha value is -0.950. The number of imidazole rings is 1. The molecule has 0 fully saturated rings. The van der Waals surface area contributed by atoms with Gasteiger partial charge in [-0.25, -0.2) is 9.55 Å². The van der Waals surface area contributed by atoms with Crippen LogP contribution in [-0.4, -0.2) is 10.7 Å². The Morgan fingerprint density at radius 2 is 2.58 bits per heavy atom. The molecule has 12 heavy (non-hydrogen) atoms. The molecule has 1 aromatic rings. The molecule has 4 heteroatoms. The van der Waals surface area contributed by atoms with E-state index in [-0.39, 0.29) is 0 Å². The van der Waals surface area contributed by atoms with Crippen LogP contribution in [0, 0.1) is 11.3 Å². The number of nitrogens with one attached hydrogen (secondary N) is 1. The van der Waals surface area contributed by atoms with Crippen LogP contribution in [0.5, 0.6) is 0 Å². The number of H-pyrrole nitrogens is 1. The van der Waals surface area contributed by atoms with Gasteiger partial charge in [-0.1, -0.05) is 6.92 Å². The Kier molecular flexibility index (Phi) is 3.68. The van der Waals surface area contributed by atoms with E-state index in [0.717, 1.165) is 17.3 Å². The van der Waals surface area contributed by atoms with E-state index in [1.807, 2.05) is 28.7 Å². The molecule has 0 bridgehead atoms. The molecule has 1 aromatic heterocycles. The fourth-order valence-electron chi connectivity index (χ4n) is 0.944. The van der Waals surface area contributed by atoms with Crippen LogP contribution in [0.25, 0.3) is 0 Å². The molecule has 1 heterocycles. The first-order valence-corrected chi connectivity index (χ1v) is 5.04. The first kappa shape index (κ1) is 9.14. The van der Waals surface area contributed by atoms with Gasteiger partial charge in [-0.05, 0) is 5.75 Å². The third-order valence-electron chi connectivity index (χ3n) is 1.54. The molecule has 0 aliphatic heterocycles. The van der Waals surface area contributed by atoms with Gasteiger partial charge in [-0.3, -0.25) is 0 Å². The van der Waals surface area contributed by atoms with Crippen molar-refractivity contribution in [2.45, 2.75) is 19.2 Å². The second-order valence-electron chi connectivity index (χ2n) is 2.33. The molecule has 0 spiro atoms. The smallest absolute Gasteiger partial charge is 0.247 e. The Morgan fingerprint density at radius 3 is 3.25 bits per heavy atom. The summed E-state index contributed by atoms with van der Waals surface area (Å²) < 4.78 is 1.93. The zero-order valence-corrected chi connectivity index (χ0v) is 7.90. The number of thioether (sulfide) groups is 1. The summed E-state index contributed by atoms with van der Waals surface area (Å²) in [7, 11) is 0. The maximum Gasteiger partial charge on any atom is 0.265 e. The summed E-state index contributed by atoms with van der Waals surface area (Å²) in [6, 6.07) is 2.12. The van der Waals surface area contributed by atoms with Crippen LogP contribution in [0.2, 0.25) is 0 Å². The van der Waals surface area contributed by atoms with E-state index in [4.69, 9.17) is 5.26 Å².